The number of fused-ring (bicyclic) bond motifs is 1. The van der Waals surface area contributed by atoms with Crippen LogP contribution in [0.15, 0.2) is 24.3 Å². The largest absolute Gasteiger partial charge is 0.454 e. The summed E-state index contributed by atoms with van der Waals surface area (Å²) in [5, 5.41) is 10.3. The van der Waals surface area contributed by atoms with E-state index >= 15 is 0 Å². The van der Waals surface area contributed by atoms with E-state index in [4.69, 9.17) is 9.47 Å². The molecule has 1 aromatic carbocycles. The summed E-state index contributed by atoms with van der Waals surface area (Å²) in [5.41, 5.74) is 2.27. The van der Waals surface area contributed by atoms with Crippen molar-refractivity contribution in [2.45, 2.75) is 38.1 Å². The molecule has 8 nitrogen and oxygen atoms in total. The number of hydrogen-bond donors (Lipinski definition) is 2. The van der Waals surface area contributed by atoms with Gasteiger partial charge in [-0.05, 0) is 30.5 Å². The zero-order valence-corrected chi connectivity index (χ0v) is 16.5. The molecule has 2 amide bonds. The monoisotopic (exact) mass is 397 g/mol. The number of aromatic nitrogens is 2. The predicted molar refractivity (Wildman–Crippen MR) is 108 cm³/mol. The molecule has 3 aliphatic rings. The summed E-state index contributed by atoms with van der Waals surface area (Å²) >= 11 is 0. The second-order valence-electron chi connectivity index (χ2n) is 8.07. The zero-order chi connectivity index (χ0) is 19.6. The van der Waals surface area contributed by atoms with Crippen LogP contribution in [0.25, 0.3) is 0 Å². The van der Waals surface area contributed by atoms with Gasteiger partial charge in [-0.25, -0.2) is 4.79 Å². The Morgan fingerprint density at radius 1 is 1.10 bits per heavy atom. The fraction of sp³-hybridized carbons (Fsp3) is 0.524. The van der Waals surface area contributed by atoms with E-state index < -0.39 is 0 Å². The topological polar surface area (TPSA) is 82.7 Å². The maximum atomic E-state index is 12.6. The minimum atomic E-state index is -0.0608. The van der Waals surface area contributed by atoms with Crippen molar-refractivity contribution in [1.82, 2.24) is 20.0 Å². The molecule has 2 N–H and O–H groups in total. The van der Waals surface area contributed by atoms with Crippen LogP contribution in [-0.4, -0.2) is 59.0 Å². The number of aromatic amines is 1. The lowest BCUT2D eigenvalue weighted by molar-refractivity contribution is 0.143. The highest BCUT2D eigenvalue weighted by Gasteiger charge is 2.24. The highest BCUT2D eigenvalue weighted by atomic mass is 16.7. The lowest BCUT2D eigenvalue weighted by atomic mass is 10.0. The molecule has 0 atom stereocenters. The molecule has 5 rings (SSSR count). The number of nitrogens with zero attached hydrogens (tertiary/aromatic N) is 3. The number of piperazine rings is 1. The molecule has 1 saturated carbocycles. The van der Waals surface area contributed by atoms with Gasteiger partial charge in [0.05, 0.1) is 5.69 Å². The van der Waals surface area contributed by atoms with Crippen LogP contribution in [0.3, 0.4) is 0 Å². The van der Waals surface area contributed by atoms with Crippen LogP contribution in [0.2, 0.25) is 0 Å². The van der Waals surface area contributed by atoms with Crippen molar-refractivity contribution in [3.8, 4) is 11.5 Å². The van der Waals surface area contributed by atoms with E-state index in [1.165, 1.54) is 31.2 Å². The fourth-order valence-electron chi connectivity index (χ4n) is 4.43. The molecule has 8 heteroatoms. The Balaban J connectivity index is 1.11. The summed E-state index contributed by atoms with van der Waals surface area (Å²) in [4.78, 5) is 16.8. The van der Waals surface area contributed by atoms with Crippen molar-refractivity contribution >= 4 is 11.8 Å². The number of benzene rings is 1. The quantitative estimate of drug-likeness (QED) is 0.828. The van der Waals surface area contributed by atoms with Crippen molar-refractivity contribution in [2.24, 2.45) is 0 Å². The zero-order valence-electron chi connectivity index (χ0n) is 16.5. The number of nitrogens with one attached hydrogen (secondary N) is 2. The first-order valence-electron chi connectivity index (χ1n) is 10.5. The van der Waals surface area contributed by atoms with Crippen molar-refractivity contribution in [2.75, 3.05) is 38.3 Å². The molecule has 2 aliphatic heterocycles. The van der Waals surface area contributed by atoms with Crippen molar-refractivity contribution in [1.29, 1.82) is 0 Å². The maximum Gasteiger partial charge on any atom is 0.323 e. The van der Waals surface area contributed by atoms with Gasteiger partial charge in [-0.15, -0.1) is 0 Å². The maximum absolute atomic E-state index is 12.6. The normalized spacial score (nSPS) is 19.7. The second-order valence-corrected chi connectivity index (χ2v) is 8.07. The van der Waals surface area contributed by atoms with Gasteiger partial charge in [-0.3, -0.25) is 15.3 Å². The molecule has 2 fully saturated rings. The molecular weight excluding hydrogens is 370 g/mol. The van der Waals surface area contributed by atoms with E-state index in [-0.39, 0.29) is 6.03 Å². The van der Waals surface area contributed by atoms with Crippen LogP contribution < -0.4 is 14.8 Å². The van der Waals surface area contributed by atoms with Crippen LogP contribution >= 0.6 is 0 Å². The molecule has 1 aliphatic carbocycles. The molecule has 154 valence electrons. The highest BCUT2D eigenvalue weighted by molar-refractivity contribution is 5.88. The first kappa shape index (κ1) is 18.3. The van der Waals surface area contributed by atoms with E-state index in [0.29, 0.717) is 31.6 Å². The van der Waals surface area contributed by atoms with Crippen LogP contribution in [-0.2, 0) is 6.54 Å². The Morgan fingerprint density at radius 3 is 2.72 bits per heavy atom. The van der Waals surface area contributed by atoms with Crippen LogP contribution in [0.5, 0.6) is 11.5 Å². The Labute approximate surface area is 170 Å². The Morgan fingerprint density at radius 2 is 1.90 bits per heavy atom. The number of ether oxygens (including phenoxy) is 2. The number of urea groups is 1. The third-order valence-electron chi connectivity index (χ3n) is 6.12. The fourth-order valence-corrected chi connectivity index (χ4v) is 4.43. The Hall–Kier alpha value is -2.74. The lowest BCUT2D eigenvalue weighted by Gasteiger charge is -2.34. The molecule has 1 aromatic heterocycles. The van der Waals surface area contributed by atoms with Gasteiger partial charge in [-0.1, -0.05) is 18.9 Å². The summed E-state index contributed by atoms with van der Waals surface area (Å²) in [6, 6.07) is 8.01. The summed E-state index contributed by atoms with van der Waals surface area (Å²) in [6.07, 6.45) is 4.94. The number of hydrogen-bond acceptors (Lipinski definition) is 5. The van der Waals surface area contributed by atoms with Gasteiger partial charge in [0.15, 0.2) is 11.5 Å². The molecule has 0 bridgehead atoms. The van der Waals surface area contributed by atoms with Gasteiger partial charge in [0.1, 0.15) is 5.82 Å². The summed E-state index contributed by atoms with van der Waals surface area (Å²) < 4.78 is 10.8. The van der Waals surface area contributed by atoms with Gasteiger partial charge in [0, 0.05) is 44.7 Å². The Kier molecular flexibility index (Phi) is 5.01. The van der Waals surface area contributed by atoms with E-state index in [2.05, 4.69) is 26.5 Å². The second kappa shape index (κ2) is 7.94. The molecule has 29 heavy (non-hydrogen) atoms. The van der Waals surface area contributed by atoms with Crippen LogP contribution in [0, 0.1) is 0 Å². The molecule has 0 spiro atoms. The third-order valence-corrected chi connectivity index (χ3v) is 6.12. The van der Waals surface area contributed by atoms with Crippen LogP contribution in [0.4, 0.5) is 10.6 Å². The van der Waals surface area contributed by atoms with Crippen molar-refractivity contribution < 1.29 is 14.3 Å². The molecular formula is C21H27N5O3. The SMILES string of the molecule is O=C(Nc1cc(C2CCCC2)n[nH]1)N1CCN(Cc2ccc3c(c2)OCO3)CC1. The lowest BCUT2D eigenvalue weighted by Crippen LogP contribution is -2.49. The average Bonchev–Trinajstić information content (AvgIpc) is 3.49. The summed E-state index contributed by atoms with van der Waals surface area (Å²) in [5.74, 6) is 2.86. The van der Waals surface area contributed by atoms with Crippen molar-refractivity contribution in [3.63, 3.8) is 0 Å². The molecule has 3 heterocycles. The third kappa shape index (κ3) is 4.03. The van der Waals surface area contributed by atoms with Gasteiger partial charge in [0.2, 0.25) is 6.79 Å². The van der Waals surface area contributed by atoms with E-state index in [1.54, 1.807) is 0 Å². The average molecular weight is 397 g/mol. The van der Waals surface area contributed by atoms with Gasteiger partial charge in [-0.2, -0.15) is 5.10 Å². The molecule has 1 saturated heterocycles. The minimum absolute atomic E-state index is 0.0608. The van der Waals surface area contributed by atoms with Gasteiger partial charge >= 0.3 is 6.03 Å². The number of carbonyl (C=O) groups excluding carboxylic acids is 1. The molecule has 0 unspecified atom stereocenters. The van der Waals surface area contributed by atoms with E-state index in [1.807, 2.05) is 23.1 Å². The molecule has 2 aromatic rings. The predicted octanol–water partition coefficient (Wildman–Crippen LogP) is 3.15. The van der Waals surface area contributed by atoms with Gasteiger partial charge < -0.3 is 14.4 Å². The number of carbonyl (C=O) groups is 1. The number of amides is 2. The molecule has 0 radical (unpaired) electrons. The van der Waals surface area contributed by atoms with Crippen LogP contribution in [0.1, 0.15) is 42.9 Å². The van der Waals surface area contributed by atoms with Gasteiger partial charge in [0.25, 0.3) is 0 Å². The Bertz CT molecular complexity index is 869. The number of anilines is 1. The smallest absolute Gasteiger partial charge is 0.323 e. The summed E-state index contributed by atoms with van der Waals surface area (Å²) in [6.45, 7) is 4.25. The van der Waals surface area contributed by atoms with Crippen molar-refractivity contribution in [3.05, 3.63) is 35.5 Å². The number of rotatable bonds is 4. The minimum Gasteiger partial charge on any atom is -0.454 e. The highest BCUT2D eigenvalue weighted by Crippen LogP contribution is 2.34. The first-order chi connectivity index (χ1) is 14.2. The number of H-pyrrole nitrogens is 1. The first-order valence-corrected chi connectivity index (χ1v) is 10.5. The van der Waals surface area contributed by atoms with E-state index in [0.717, 1.165) is 36.8 Å². The standard InChI is InChI=1S/C21H27N5O3/c27-21(22-20-12-17(23-24-20)16-3-1-2-4-16)26-9-7-25(8-10-26)13-15-5-6-18-19(11-15)29-14-28-18/h5-6,11-12,16H,1-4,7-10,13-14H2,(H2,22,23,24,27). The van der Waals surface area contributed by atoms with E-state index in [9.17, 15) is 4.79 Å². The summed E-state index contributed by atoms with van der Waals surface area (Å²) in [7, 11) is 0.